The SMILES string of the molecule is CC(C)CNC(=O)COC(=O)Cc1ccc2ccccc2c1. The van der Waals surface area contributed by atoms with E-state index in [1.807, 2.05) is 56.3 Å². The summed E-state index contributed by atoms with van der Waals surface area (Å²) >= 11 is 0. The number of hydrogen-bond acceptors (Lipinski definition) is 3. The molecule has 2 aromatic rings. The normalized spacial score (nSPS) is 10.7. The molecule has 0 heterocycles. The van der Waals surface area contributed by atoms with E-state index < -0.39 is 5.97 Å². The van der Waals surface area contributed by atoms with Gasteiger partial charge in [-0.2, -0.15) is 0 Å². The van der Waals surface area contributed by atoms with E-state index in [2.05, 4.69) is 5.32 Å². The van der Waals surface area contributed by atoms with Gasteiger partial charge in [0.25, 0.3) is 5.91 Å². The number of nitrogens with one attached hydrogen (secondary N) is 1. The minimum absolute atomic E-state index is 0.169. The topological polar surface area (TPSA) is 55.4 Å². The first-order valence-corrected chi connectivity index (χ1v) is 7.44. The molecule has 1 amide bonds. The van der Waals surface area contributed by atoms with Crippen LogP contribution in [0.1, 0.15) is 19.4 Å². The minimum atomic E-state index is -0.394. The zero-order valence-corrected chi connectivity index (χ0v) is 13.0. The van der Waals surface area contributed by atoms with E-state index in [9.17, 15) is 9.59 Å². The molecule has 0 atom stereocenters. The van der Waals surface area contributed by atoms with Crippen LogP contribution in [0.3, 0.4) is 0 Å². The summed E-state index contributed by atoms with van der Waals surface area (Å²) in [5.41, 5.74) is 0.881. The number of amides is 1. The summed E-state index contributed by atoms with van der Waals surface area (Å²) < 4.78 is 5.00. The average molecular weight is 299 g/mol. The predicted octanol–water partition coefficient (Wildman–Crippen LogP) is 2.70. The smallest absolute Gasteiger partial charge is 0.310 e. The zero-order chi connectivity index (χ0) is 15.9. The van der Waals surface area contributed by atoms with Gasteiger partial charge in [0, 0.05) is 6.54 Å². The Labute approximate surface area is 130 Å². The molecule has 0 aliphatic carbocycles. The van der Waals surface area contributed by atoms with E-state index in [4.69, 9.17) is 4.74 Å². The molecule has 2 aromatic carbocycles. The van der Waals surface area contributed by atoms with Crippen molar-refractivity contribution in [3.63, 3.8) is 0 Å². The lowest BCUT2D eigenvalue weighted by Gasteiger charge is -2.08. The third-order valence-electron chi connectivity index (χ3n) is 3.23. The average Bonchev–Trinajstić information content (AvgIpc) is 2.50. The molecule has 1 N–H and O–H groups in total. The Morgan fingerprint density at radius 2 is 1.82 bits per heavy atom. The van der Waals surface area contributed by atoms with Crippen LogP contribution in [-0.4, -0.2) is 25.0 Å². The second-order valence-electron chi connectivity index (χ2n) is 5.72. The zero-order valence-electron chi connectivity index (χ0n) is 13.0. The molecule has 0 aliphatic rings. The number of hydrogen-bond donors (Lipinski definition) is 1. The fraction of sp³-hybridized carbons (Fsp3) is 0.333. The summed E-state index contributed by atoms with van der Waals surface area (Å²) in [5.74, 6) is -0.284. The first kappa shape index (κ1) is 16.0. The summed E-state index contributed by atoms with van der Waals surface area (Å²) in [5, 5.41) is 4.93. The highest BCUT2D eigenvalue weighted by molar-refractivity contribution is 5.85. The maximum absolute atomic E-state index is 11.8. The molecule has 2 rings (SSSR count). The molecular weight excluding hydrogens is 278 g/mol. The maximum Gasteiger partial charge on any atom is 0.310 e. The van der Waals surface area contributed by atoms with Crippen molar-refractivity contribution in [2.75, 3.05) is 13.2 Å². The van der Waals surface area contributed by atoms with Crippen LogP contribution in [0.4, 0.5) is 0 Å². The van der Waals surface area contributed by atoms with Gasteiger partial charge in [-0.1, -0.05) is 56.3 Å². The van der Waals surface area contributed by atoms with Crippen LogP contribution >= 0.6 is 0 Å². The molecular formula is C18H21NO3. The fourth-order valence-corrected chi connectivity index (χ4v) is 2.08. The molecule has 116 valence electrons. The summed E-state index contributed by atoms with van der Waals surface area (Å²) in [6, 6.07) is 13.8. The maximum atomic E-state index is 11.8. The molecule has 0 radical (unpaired) electrons. The highest BCUT2D eigenvalue weighted by atomic mass is 16.5. The third kappa shape index (κ3) is 4.88. The number of rotatable bonds is 6. The van der Waals surface area contributed by atoms with Gasteiger partial charge in [-0.25, -0.2) is 0 Å². The van der Waals surface area contributed by atoms with Crippen LogP contribution in [0, 0.1) is 5.92 Å². The van der Waals surface area contributed by atoms with Gasteiger partial charge < -0.3 is 10.1 Å². The van der Waals surface area contributed by atoms with Crippen molar-refractivity contribution in [3.8, 4) is 0 Å². The van der Waals surface area contributed by atoms with Gasteiger partial charge in [-0.15, -0.1) is 0 Å². The summed E-state index contributed by atoms with van der Waals surface area (Å²) in [6.45, 7) is 4.37. The number of esters is 1. The van der Waals surface area contributed by atoms with E-state index in [0.717, 1.165) is 16.3 Å². The summed E-state index contributed by atoms with van der Waals surface area (Å²) in [7, 11) is 0. The number of carbonyl (C=O) groups excluding carboxylic acids is 2. The van der Waals surface area contributed by atoms with Crippen molar-refractivity contribution in [3.05, 3.63) is 48.0 Å². The Morgan fingerprint density at radius 3 is 2.55 bits per heavy atom. The van der Waals surface area contributed by atoms with Crippen molar-refractivity contribution in [2.45, 2.75) is 20.3 Å². The van der Waals surface area contributed by atoms with E-state index >= 15 is 0 Å². The first-order chi connectivity index (χ1) is 10.5. The highest BCUT2D eigenvalue weighted by Crippen LogP contribution is 2.16. The van der Waals surface area contributed by atoms with Gasteiger partial charge >= 0.3 is 5.97 Å². The van der Waals surface area contributed by atoms with Crippen LogP contribution in [-0.2, 0) is 20.7 Å². The van der Waals surface area contributed by atoms with Crippen LogP contribution in [0.2, 0.25) is 0 Å². The molecule has 0 aromatic heterocycles. The summed E-state index contributed by atoms with van der Waals surface area (Å²) in [6.07, 6.45) is 0.169. The Bertz CT molecular complexity index is 664. The van der Waals surface area contributed by atoms with Gasteiger partial charge in [0.1, 0.15) is 0 Å². The number of ether oxygens (including phenoxy) is 1. The highest BCUT2D eigenvalue weighted by Gasteiger charge is 2.09. The molecule has 22 heavy (non-hydrogen) atoms. The van der Waals surface area contributed by atoms with E-state index in [-0.39, 0.29) is 18.9 Å². The third-order valence-corrected chi connectivity index (χ3v) is 3.23. The monoisotopic (exact) mass is 299 g/mol. The molecule has 4 nitrogen and oxygen atoms in total. The Kier molecular flexibility index (Phi) is 5.53. The molecule has 0 unspecified atom stereocenters. The van der Waals surface area contributed by atoms with Crippen molar-refractivity contribution >= 4 is 22.6 Å². The van der Waals surface area contributed by atoms with Gasteiger partial charge in [0.05, 0.1) is 6.42 Å². The van der Waals surface area contributed by atoms with Crippen LogP contribution < -0.4 is 5.32 Å². The van der Waals surface area contributed by atoms with Crippen molar-refractivity contribution in [1.82, 2.24) is 5.32 Å². The Morgan fingerprint density at radius 1 is 1.09 bits per heavy atom. The first-order valence-electron chi connectivity index (χ1n) is 7.44. The molecule has 4 heteroatoms. The number of carbonyl (C=O) groups is 2. The Balaban J connectivity index is 1.84. The lowest BCUT2D eigenvalue weighted by Crippen LogP contribution is -2.31. The van der Waals surface area contributed by atoms with Crippen molar-refractivity contribution in [2.24, 2.45) is 5.92 Å². The van der Waals surface area contributed by atoms with E-state index in [1.165, 1.54) is 0 Å². The largest absolute Gasteiger partial charge is 0.455 e. The lowest BCUT2D eigenvalue weighted by molar-refractivity contribution is -0.147. The van der Waals surface area contributed by atoms with Gasteiger partial charge in [0.15, 0.2) is 6.61 Å². The second-order valence-corrected chi connectivity index (χ2v) is 5.72. The predicted molar refractivity (Wildman–Crippen MR) is 86.5 cm³/mol. The summed E-state index contributed by atoms with van der Waals surface area (Å²) in [4.78, 5) is 23.3. The van der Waals surface area contributed by atoms with Crippen LogP contribution in [0.25, 0.3) is 10.8 Å². The molecule has 0 saturated heterocycles. The lowest BCUT2D eigenvalue weighted by atomic mass is 10.1. The van der Waals surface area contributed by atoms with Crippen LogP contribution in [0.15, 0.2) is 42.5 Å². The number of benzene rings is 2. The molecule has 0 fully saturated rings. The fourth-order valence-electron chi connectivity index (χ4n) is 2.08. The van der Waals surface area contributed by atoms with Gasteiger partial charge in [-0.3, -0.25) is 9.59 Å². The molecule has 0 bridgehead atoms. The second kappa shape index (κ2) is 7.59. The molecule has 0 spiro atoms. The van der Waals surface area contributed by atoms with Crippen molar-refractivity contribution in [1.29, 1.82) is 0 Å². The quantitative estimate of drug-likeness (QED) is 0.834. The van der Waals surface area contributed by atoms with E-state index in [0.29, 0.717) is 12.5 Å². The van der Waals surface area contributed by atoms with Crippen LogP contribution in [0.5, 0.6) is 0 Å². The standard InChI is InChI=1S/C18H21NO3/c1-13(2)11-19-17(20)12-22-18(21)10-14-7-8-15-5-3-4-6-16(15)9-14/h3-9,13H,10-12H2,1-2H3,(H,19,20). The van der Waals surface area contributed by atoms with Gasteiger partial charge in [-0.05, 0) is 22.3 Å². The minimum Gasteiger partial charge on any atom is -0.455 e. The van der Waals surface area contributed by atoms with Crippen molar-refractivity contribution < 1.29 is 14.3 Å². The molecule has 0 aliphatic heterocycles. The Hall–Kier alpha value is -2.36. The number of fused-ring (bicyclic) bond motifs is 1. The van der Waals surface area contributed by atoms with E-state index in [1.54, 1.807) is 0 Å². The van der Waals surface area contributed by atoms with Gasteiger partial charge in [0.2, 0.25) is 0 Å². The molecule has 0 saturated carbocycles.